The van der Waals surface area contributed by atoms with Crippen LogP contribution in [0.15, 0.2) is 48.5 Å². The molecule has 2 aromatic rings. The predicted octanol–water partition coefficient (Wildman–Crippen LogP) is 4.06. The monoisotopic (exact) mass is 398 g/mol. The average molecular weight is 399 g/mol. The minimum atomic E-state index is 0.216. The van der Waals surface area contributed by atoms with Crippen molar-refractivity contribution < 1.29 is 9.53 Å². The molecule has 28 heavy (non-hydrogen) atoms. The van der Waals surface area contributed by atoms with Gasteiger partial charge in [-0.1, -0.05) is 35.9 Å². The van der Waals surface area contributed by atoms with E-state index in [4.69, 9.17) is 16.3 Å². The van der Waals surface area contributed by atoms with Gasteiger partial charge in [-0.25, -0.2) is 0 Å². The molecular weight excluding hydrogens is 372 g/mol. The fourth-order valence-electron chi connectivity index (χ4n) is 4.28. The molecule has 2 aliphatic rings. The van der Waals surface area contributed by atoms with Crippen molar-refractivity contribution in [2.45, 2.75) is 32.3 Å². The molecule has 1 spiro atoms. The van der Waals surface area contributed by atoms with E-state index >= 15 is 0 Å². The molecule has 2 fully saturated rings. The highest BCUT2D eigenvalue weighted by Gasteiger charge is 2.37. The van der Waals surface area contributed by atoms with Crippen LogP contribution in [-0.4, -0.2) is 37.0 Å². The fourth-order valence-corrected chi connectivity index (χ4v) is 4.49. The number of piperidine rings is 1. The number of nitrogens with zero attached hydrogens (tertiary/aromatic N) is 1. The minimum Gasteiger partial charge on any atom is -0.489 e. The number of hydrogen-bond acceptors (Lipinski definition) is 3. The Bertz CT molecular complexity index is 823. The second-order valence-electron chi connectivity index (χ2n) is 8.05. The second-order valence-corrected chi connectivity index (χ2v) is 8.49. The van der Waals surface area contributed by atoms with Crippen molar-refractivity contribution in [1.29, 1.82) is 0 Å². The summed E-state index contributed by atoms with van der Waals surface area (Å²) in [7, 11) is 0. The molecule has 0 unspecified atom stereocenters. The Hall–Kier alpha value is -2.04. The maximum atomic E-state index is 12.8. The number of halogens is 1. The molecule has 1 N–H and O–H groups in total. The standard InChI is InChI=1S/C23H27ClN2O2/c24-20-5-1-4-19(13-20)16-28-21-6-2-3-18(14-21)15-22(27)26-11-8-23(9-12-26)7-10-25-17-23/h1-6,13-14,25H,7-12,15-17H2. The topological polar surface area (TPSA) is 41.6 Å². The molecule has 0 radical (unpaired) electrons. The second kappa shape index (κ2) is 8.54. The van der Waals surface area contributed by atoms with Crippen molar-refractivity contribution in [3.63, 3.8) is 0 Å². The van der Waals surface area contributed by atoms with Crippen LogP contribution in [-0.2, 0) is 17.8 Å². The summed E-state index contributed by atoms with van der Waals surface area (Å²) in [5.74, 6) is 0.993. The minimum absolute atomic E-state index is 0.216. The van der Waals surface area contributed by atoms with Crippen LogP contribution >= 0.6 is 11.6 Å². The lowest BCUT2D eigenvalue weighted by Crippen LogP contribution is -2.44. The maximum Gasteiger partial charge on any atom is 0.226 e. The fraction of sp³-hybridized carbons (Fsp3) is 0.435. The molecule has 0 aliphatic carbocycles. The van der Waals surface area contributed by atoms with Gasteiger partial charge in [0.25, 0.3) is 0 Å². The van der Waals surface area contributed by atoms with Crippen LogP contribution in [0.3, 0.4) is 0 Å². The smallest absolute Gasteiger partial charge is 0.226 e. The Morgan fingerprint density at radius 2 is 1.86 bits per heavy atom. The Labute approximate surface area is 171 Å². The van der Waals surface area contributed by atoms with Crippen LogP contribution in [0.4, 0.5) is 0 Å². The van der Waals surface area contributed by atoms with E-state index in [0.29, 0.717) is 23.5 Å². The van der Waals surface area contributed by atoms with Gasteiger partial charge >= 0.3 is 0 Å². The lowest BCUT2D eigenvalue weighted by atomic mass is 9.78. The van der Waals surface area contributed by atoms with Crippen LogP contribution in [0, 0.1) is 5.41 Å². The molecule has 0 aromatic heterocycles. The van der Waals surface area contributed by atoms with Gasteiger partial charge in [0.1, 0.15) is 12.4 Å². The van der Waals surface area contributed by atoms with Crippen molar-refractivity contribution in [2.24, 2.45) is 5.41 Å². The number of hydrogen-bond donors (Lipinski definition) is 1. The van der Waals surface area contributed by atoms with Crippen molar-refractivity contribution in [3.05, 3.63) is 64.7 Å². The highest BCUT2D eigenvalue weighted by Crippen LogP contribution is 2.37. The summed E-state index contributed by atoms with van der Waals surface area (Å²) in [5.41, 5.74) is 2.46. The van der Waals surface area contributed by atoms with Crippen molar-refractivity contribution in [3.8, 4) is 5.75 Å². The van der Waals surface area contributed by atoms with Crippen molar-refractivity contribution in [2.75, 3.05) is 26.2 Å². The molecule has 2 aliphatic heterocycles. The Morgan fingerprint density at radius 3 is 2.61 bits per heavy atom. The number of rotatable bonds is 5. The zero-order chi connectivity index (χ0) is 19.4. The molecule has 5 heteroatoms. The SMILES string of the molecule is O=C(Cc1cccc(OCc2cccc(Cl)c2)c1)N1CCC2(CCNC2)CC1. The summed E-state index contributed by atoms with van der Waals surface area (Å²) in [6.45, 7) is 4.45. The van der Waals surface area contributed by atoms with Crippen LogP contribution in [0.5, 0.6) is 5.75 Å². The van der Waals surface area contributed by atoms with Crippen LogP contribution < -0.4 is 10.1 Å². The Kier molecular flexibility index (Phi) is 5.88. The number of ether oxygens (including phenoxy) is 1. The van der Waals surface area contributed by atoms with Gasteiger partial charge in [0, 0.05) is 24.7 Å². The first-order chi connectivity index (χ1) is 13.6. The molecule has 4 rings (SSSR count). The number of carbonyl (C=O) groups is 1. The van der Waals surface area contributed by atoms with Crippen molar-refractivity contribution in [1.82, 2.24) is 10.2 Å². The molecule has 0 atom stereocenters. The van der Waals surface area contributed by atoms with Gasteiger partial charge in [-0.05, 0) is 66.6 Å². The predicted molar refractivity (Wildman–Crippen MR) is 112 cm³/mol. The van der Waals surface area contributed by atoms with Crippen molar-refractivity contribution >= 4 is 17.5 Å². The maximum absolute atomic E-state index is 12.8. The van der Waals surface area contributed by atoms with Gasteiger partial charge in [0.05, 0.1) is 6.42 Å². The number of likely N-dealkylation sites (tertiary alicyclic amines) is 1. The average Bonchev–Trinajstić information content (AvgIpc) is 3.15. The van der Waals surface area contributed by atoms with E-state index in [1.165, 1.54) is 6.42 Å². The van der Waals surface area contributed by atoms with Gasteiger partial charge < -0.3 is 15.0 Å². The normalized spacial score (nSPS) is 18.4. The first-order valence-electron chi connectivity index (χ1n) is 10.1. The molecule has 0 bridgehead atoms. The molecular formula is C23H27ClN2O2. The molecule has 2 aromatic carbocycles. The van der Waals surface area contributed by atoms with Crippen LogP contribution in [0.25, 0.3) is 0 Å². The van der Waals surface area contributed by atoms with Gasteiger partial charge in [-0.15, -0.1) is 0 Å². The van der Waals surface area contributed by atoms with Crippen LogP contribution in [0.2, 0.25) is 5.02 Å². The molecule has 1 amide bonds. The zero-order valence-corrected chi connectivity index (χ0v) is 16.9. The molecule has 2 heterocycles. The third-order valence-electron chi connectivity index (χ3n) is 6.06. The zero-order valence-electron chi connectivity index (χ0n) is 16.1. The first kappa shape index (κ1) is 19.3. The van der Waals surface area contributed by atoms with E-state index in [9.17, 15) is 4.79 Å². The van der Waals surface area contributed by atoms with E-state index in [1.807, 2.05) is 53.4 Å². The summed E-state index contributed by atoms with van der Waals surface area (Å²) >= 11 is 6.02. The first-order valence-corrected chi connectivity index (χ1v) is 10.4. The molecule has 2 saturated heterocycles. The largest absolute Gasteiger partial charge is 0.489 e. The van der Waals surface area contributed by atoms with Gasteiger partial charge in [0.2, 0.25) is 5.91 Å². The molecule has 148 valence electrons. The third kappa shape index (κ3) is 4.68. The molecule has 0 saturated carbocycles. The Morgan fingerprint density at radius 1 is 1.07 bits per heavy atom. The number of benzene rings is 2. The number of carbonyl (C=O) groups excluding carboxylic acids is 1. The summed E-state index contributed by atoms with van der Waals surface area (Å²) in [6.07, 6.45) is 3.92. The summed E-state index contributed by atoms with van der Waals surface area (Å²) in [4.78, 5) is 14.8. The molecule has 4 nitrogen and oxygen atoms in total. The third-order valence-corrected chi connectivity index (χ3v) is 6.29. The lowest BCUT2D eigenvalue weighted by molar-refractivity contribution is -0.132. The van der Waals surface area contributed by atoms with E-state index in [2.05, 4.69) is 5.32 Å². The van der Waals surface area contributed by atoms with E-state index < -0.39 is 0 Å². The highest BCUT2D eigenvalue weighted by molar-refractivity contribution is 6.30. The van der Waals surface area contributed by atoms with Gasteiger partial charge in [0.15, 0.2) is 0 Å². The summed E-state index contributed by atoms with van der Waals surface area (Å²) in [6, 6.07) is 15.5. The summed E-state index contributed by atoms with van der Waals surface area (Å²) < 4.78 is 5.89. The van der Waals surface area contributed by atoms with E-state index in [-0.39, 0.29) is 5.91 Å². The number of amides is 1. The van der Waals surface area contributed by atoms with E-state index in [1.54, 1.807) is 0 Å². The quantitative estimate of drug-likeness (QED) is 0.825. The lowest BCUT2D eigenvalue weighted by Gasteiger charge is -2.39. The number of nitrogens with one attached hydrogen (secondary N) is 1. The Balaban J connectivity index is 1.31. The van der Waals surface area contributed by atoms with Gasteiger partial charge in [-0.3, -0.25) is 4.79 Å². The highest BCUT2D eigenvalue weighted by atomic mass is 35.5. The van der Waals surface area contributed by atoms with E-state index in [0.717, 1.165) is 55.9 Å². The van der Waals surface area contributed by atoms with Gasteiger partial charge in [-0.2, -0.15) is 0 Å². The van der Waals surface area contributed by atoms with Crippen LogP contribution in [0.1, 0.15) is 30.4 Å². The summed E-state index contributed by atoms with van der Waals surface area (Å²) in [5, 5.41) is 4.18.